The van der Waals surface area contributed by atoms with Gasteiger partial charge in [0.15, 0.2) is 11.3 Å². The fourth-order valence-corrected chi connectivity index (χ4v) is 19.1. The quantitative estimate of drug-likeness (QED) is 0.0458. The van der Waals surface area contributed by atoms with Crippen molar-refractivity contribution in [3.63, 3.8) is 0 Å². The average Bonchev–Trinajstić information content (AvgIpc) is 1.59. The molecule has 2 fully saturated rings. The summed E-state index contributed by atoms with van der Waals surface area (Å²) in [4.78, 5) is 92.9. The van der Waals surface area contributed by atoms with Crippen molar-refractivity contribution in [1.29, 1.82) is 0 Å². The van der Waals surface area contributed by atoms with Crippen molar-refractivity contribution in [2.45, 2.75) is 89.1 Å². The molecule has 26 nitrogen and oxygen atoms in total. The van der Waals surface area contributed by atoms with E-state index in [2.05, 4.69) is 69.1 Å². The first-order valence-corrected chi connectivity index (χ1v) is 45.6. The van der Waals surface area contributed by atoms with Gasteiger partial charge in [-0.3, -0.25) is 24.0 Å². The van der Waals surface area contributed by atoms with Gasteiger partial charge in [0.05, 0.1) is 71.0 Å². The Kier molecular flexibility index (Phi) is 27.5. The van der Waals surface area contributed by atoms with E-state index < -0.39 is 20.0 Å². The summed E-state index contributed by atoms with van der Waals surface area (Å²) in [5.41, 5.74) is 21.0. The number of ether oxygens (including phenoxy) is 3. The molecule has 16 rings (SSSR count). The molecule has 129 heavy (non-hydrogen) atoms. The first-order valence-electron chi connectivity index (χ1n) is 42.7. The molecule has 2 atom stereocenters. The van der Waals surface area contributed by atoms with Crippen LogP contribution in [-0.4, -0.2) is 201 Å². The zero-order valence-corrected chi connectivity index (χ0v) is 76.8. The van der Waals surface area contributed by atoms with E-state index in [4.69, 9.17) is 24.9 Å². The first-order chi connectivity index (χ1) is 61.8. The summed E-state index contributed by atoms with van der Waals surface area (Å²) in [5.74, 6) is 0.901. The number of pyridine rings is 3. The van der Waals surface area contributed by atoms with Crippen molar-refractivity contribution in [3.05, 3.63) is 259 Å². The third-order valence-electron chi connectivity index (χ3n) is 23.7. The molecule has 8 heterocycles. The van der Waals surface area contributed by atoms with Crippen LogP contribution >= 0.6 is 0 Å². The molecule has 14 aromatic rings. The van der Waals surface area contributed by atoms with Crippen LogP contribution in [0.2, 0.25) is 0 Å². The summed E-state index contributed by atoms with van der Waals surface area (Å²) < 4.78 is 74.8. The number of nitrogens with one attached hydrogen (secondary N) is 3. The Morgan fingerprint density at radius 3 is 1.18 bits per heavy atom. The topological polar surface area (TPSA) is 312 Å². The van der Waals surface area contributed by atoms with Crippen LogP contribution in [0.5, 0.6) is 17.2 Å². The Morgan fingerprint density at radius 2 is 0.791 bits per heavy atom. The van der Waals surface area contributed by atoms with E-state index in [1.54, 1.807) is 167 Å². The molecule has 5 amide bonds. The molecule has 0 aliphatic carbocycles. The molecule has 0 radical (unpaired) electrons. The Labute approximate surface area is 752 Å². The predicted molar refractivity (Wildman–Crippen MR) is 510 cm³/mol. The number of carbonyl (C=O) groups is 5. The van der Waals surface area contributed by atoms with Crippen molar-refractivity contribution in [2.75, 3.05) is 106 Å². The monoisotopic (exact) mass is 1770 g/mol. The molecule has 2 saturated heterocycles. The molecule has 0 bridgehead atoms. The van der Waals surface area contributed by atoms with Gasteiger partial charge < -0.3 is 60.1 Å². The number of H-pyrrole nitrogens is 1. The van der Waals surface area contributed by atoms with Crippen LogP contribution in [0.3, 0.4) is 0 Å². The van der Waals surface area contributed by atoms with Crippen LogP contribution in [0.15, 0.2) is 241 Å². The number of anilines is 3. The summed E-state index contributed by atoms with van der Waals surface area (Å²) >= 11 is 0. The number of hydrogen-bond acceptors (Lipinski definition) is 18. The second kappa shape index (κ2) is 38.8. The minimum atomic E-state index is -4.01. The van der Waals surface area contributed by atoms with Gasteiger partial charge in [0.1, 0.15) is 22.9 Å². The molecule has 666 valence electrons. The molecule has 0 saturated carbocycles. The van der Waals surface area contributed by atoms with Crippen molar-refractivity contribution in [3.8, 4) is 84.0 Å². The number of aryl methyl sites for hydroxylation is 2. The predicted octanol–water partition coefficient (Wildman–Crippen LogP) is 17.6. The van der Waals surface area contributed by atoms with Crippen LogP contribution in [0.25, 0.3) is 99.9 Å². The van der Waals surface area contributed by atoms with Gasteiger partial charge in [0, 0.05) is 177 Å². The minimum Gasteiger partial charge on any atom is -0.496 e. The van der Waals surface area contributed by atoms with Gasteiger partial charge in [0.25, 0.3) is 37.8 Å². The highest BCUT2D eigenvalue weighted by molar-refractivity contribution is 7.90. The van der Waals surface area contributed by atoms with Gasteiger partial charge in [-0.2, -0.15) is 0 Å². The second-order valence-corrected chi connectivity index (χ2v) is 37.3. The highest BCUT2D eigenvalue weighted by atomic mass is 32.2. The number of nitrogens with two attached hydrogens (primary N) is 1. The highest BCUT2D eigenvalue weighted by Gasteiger charge is 2.33. The van der Waals surface area contributed by atoms with Gasteiger partial charge >= 0.3 is 0 Å². The Bertz CT molecular complexity index is 6820. The summed E-state index contributed by atoms with van der Waals surface area (Å²) in [6.45, 7) is 15.8. The number of amides is 5. The first kappa shape index (κ1) is 91.4. The standard InChI is InChI=1S/C39H43N5O5S.C32H37N5O3.C30H28N4O4S/c1-25(2)43-19-9-10-28(23-43)38(45)41-35-18-15-27(20-33(35)39(46)42(4)5)29-21-32-34(31-11-7-8-12-36(31)49-6)24-44(37(32)40-22-29)50(47,48)30-16-13-26(3)14-17-30;1-20(2)37-14-8-9-22(19-37)31(38)35-28-13-12-21(15-26(28)32(39)36(3)4)23-16-25-27(18-34-30(25)33-17-23)24-10-6-7-11-29(24)40-5;1-19-9-12-22(13-10-19)39(36,37)34-18-26(23-7-5-6-8-28(23)38-4)24-16-21(17-32-29(24)34)20-11-14-27(31)25(15-20)30(35)33(2)3/h7-8,11-18,20-22,24-25,28H,9-10,19,23H2,1-6H3,(H,41,45);6-7,10-13,15-18,20,22H,8-9,14,19H2,1-5H3,(H,33,34)(H,35,38);5-18H,31H2,1-4H3. The fraction of sp³-hybridized carbons (Fsp3) is 0.267. The molecule has 28 heteroatoms. The zero-order chi connectivity index (χ0) is 92.0. The molecule has 6 aromatic heterocycles. The van der Waals surface area contributed by atoms with Gasteiger partial charge in [-0.05, 0) is 194 Å². The van der Waals surface area contributed by atoms with E-state index in [0.717, 1.165) is 107 Å². The van der Waals surface area contributed by atoms with E-state index in [1.165, 1.54) is 22.6 Å². The Balaban J connectivity index is 0.000000158. The molecule has 2 aliphatic heterocycles. The summed E-state index contributed by atoms with van der Waals surface area (Å²) in [7, 11) is 6.96. The molecular formula is C101H108N14O12S2. The Hall–Kier alpha value is -13.8. The molecular weight excluding hydrogens is 1670 g/mol. The SMILES string of the molecule is COc1ccccc1-c1c[nH]c2ncc(-c3ccc(NC(=O)C4CCCN(C(C)C)C4)c(C(=O)N(C)C)c3)cc12.COc1ccccc1-c1cn(S(=O)(=O)c2ccc(C)cc2)c2ncc(-c3ccc(N)c(C(=O)N(C)C)c3)cc12.COc1ccccc1-c1cn(S(=O)(=O)c2ccc(C)cc2)c2ncc(-c3ccc(NC(=O)C4CCCN(C(C)C)C4)c(C(=O)N(C)C)c3)cc12. The number of piperidine rings is 2. The summed E-state index contributed by atoms with van der Waals surface area (Å²) in [6, 6.07) is 58.9. The van der Waals surface area contributed by atoms with Gasteiger partial charge in [-0.15, -0.1) is 0 Å². The molecule has 2 unspecified atom stereocenters. The lowest BCUT2D eigenvalue weighted by Crippen LogP contribution is -2.44. The second-order valence-electron chi connectivity index (χ2n) is 33.7. The average molecular weight is 1770 g/mol. The van der Waals surface area contributed by atoms with E-state index >= 15 is 0 Å². The smallest absolute Gasteiger partial charge is 0.269 e. The fourth-order valence-electron chi connectivity index (χ4n) is 16.4. The number of rotatable bonds is 22. The number of likely N-dealkylation sites (tertiary alicyclic amines) is 2. The normalized spacial score (nSPS) is 14.3. The third-order valence-corrected chi connectivity index (χ3v) is 27.1. The maximum atomic E-state index is 14.0. The van der Waals surface area contributed by atoms with E-state index in [0.29, 0.717) is 108 Å². The van der Waals surface area contributed by atoms with Crippen molar-refractivity contribution in [2.24, 2.45) is 11.8 Å². The van der Waals surface area contributed by atoms with Crippen LogP contribution in [-0.2, 0) is 29.6 Å². The number of nitrogen functional groups attached to an aromatic ring is 1. The maximum Gasteiger partial charge on any atom is 0.269 e. The van der Waals surface area contributed by atoms with Crippen molar-refractivity contribution < 1.29 is 55.0 Å². The number of benzene rings is 8. The molecule has 2 aliphatic rings. The lowest BCUT2D eigenvalue weighted by Gasteiger charge is -2.34. The number of hydrogen-bond donors (Lipinski definition) is 4. The molecule has 8 aromatic carbocycles. The number of fused-ring (bicyclic) bond motifs is 3. The number of para-hydroxylation sites is 3. The van der Waals surface area contributed by atoms with Crippen molar-refractivity contribution >= 4 is 99.7 Å². The highest BCUT2D eigenvalue weighted by Crippen LogP contribution is 2.44. The molecule has 0 spiro atoms. The number of methoxy groups -OCH3 is 3. The van der Waals surface area contributed by atoms with E-state index in [9.17, 15) is 40.8 Å². The van der Waals surface area contributed by atoms with E-state index in [-0.39, 0.29) is 62.5 Å². The van der Waals surface area contributed by atoms with E-state index in [1.807, 2.05) is 135 Å². The van der Waals surface area contributed by atoms with Crippen LogP contribution in [0, 0.1) is 25.7 Å². The number of aromatic nitrogens is 6. The summed E-state index contributed by atoms with van der Waals surface area (Å²) in [5, 5.41) is 8.29. The number of nitrogens with zero attached hydrogens (tertiary/aromatic N) is 10. The number of aromatic amines is 1. The van der Waals surface area contributed by atoms with Crippen LogP contribution < -0.4 is 30.6 Å². The maximum absolute atomic E-state index is 14.0. The third kappa shape index (κ3) is 19.4. The summed E-state index contributed by atoms with van der Waals surface area (Å²) in [6.07, 6.45) is 13.7. The largest absolute Gasteiger partial charge is 0.496 e. The van der Waals surface area contributed by atoms with Gasteiger partial charge in [-0.25, -0.2) is 39.7 Å². The Morgan fingerprint density at radius 1 is 0.434 bits per heavy atom. The van der Waals surface area contributed by atoms with Crippen LogP contribution in [0.4, 0.5) is 17.1 Å². The minimum absolute atomic E-state index is 0.0391. The van der Waals surface area contributed by atoms with Crippen LogP contribution in [0.1, 0.15) is 95.6 Å². The lowest BCUT2D eigenvalue weighted by atomic mass is 9.95. The van der Waals surface area contributed by atoms with Gasteiger partial charge in [0.2, 0.25) is 11.8 Å². The lowest BCUT2D eigenvalue weighted by molar-refractivity contribution is -0.122. The van der Waals surface area contributed by atoms with Gasteiger partial charge in [-0.1, -0.05) is 108 Å². The number of carbonyl (C=O) groups excluding carboxylic acids is 5. The van der Waals surface area contributed by atoms with Crippen molar-refractivity contribution in [1.82, 2.24) is 52.4 Å². The molecule has 5 N–H and O–H groups in total. The zero-order valence-electron chi connectivity index (χ0n) is 75.2.